The lowest BCUT2D eigenvalue weighted by molar-refractivity contribution is 0.491. The normalized spacial score (nSPS) is 15.0. The number of benzene rings is 3. The van der Waals surface area contributed by atoms with Gasteiger partial charge in [-0.05, 0) is 54.8 Å². The Bertz CT molecular complexity index is 2430. The summed E-state index contributed by atoms with van der Waals surface area (Å²) in [6.45, 7) is 0.0138. The minimum atomic E-state index is -4.92. The maximum Gasteiger partial charge on any atom is 0.296 e. The molecular formula is C31H25N11O9S4. The maximum absolute atomic E-state index is 12.5. The predicted molar refractivity (Wildman–Crippen MR) is 214 cm³/mol. The van der Waals surface area contributed by atoms with Crippen LogP contribution in [0.5, 0.6) is 0 Å². The van der Waals surface area contributed by atoms with Crippen molar-refractivity contribution in [3.63, 3.8) is 0 Å². The predicted octanol–water partition coefficient (Wildman–Crippen LogP) is 10.2. The molecule has 0 heterocycles. The second kappa shape index (κ2) is 18.2. The molecule has 3 aromatic rings. The molecule has 4 rings (SSSR count). The van der Waals surface area contributed by atoms with Gasteiger partial charge < -0.3 is 5.73 Å². The Hall–Kier alpha value is -6.26. The van der Waals surface area contributed by atoms with Gasteiger partial charge in [0, 0.05) is 54.4 Å². The van der Waals surface area contributed by atoms with Gasteiger partial charge >= 0.3 is 0 Å². The number of nitrogens with two attached hydrogens (primary N) is 1. The number of anilines is 1. The van der Waals surface area contributed by atoms with Crippen LogP contribution in [0.2, 0.25) is 0 Å². The first kappa shape index (κ1) is 41.5. The van der Waals surface area contributed by atoms with E-state index in [0.717, 1.165) is 6.08 Å². The number of azo groups is 2. The minimum absolute atomic E-state index is 0.0138. The van der Waals surface area contributed by atoms with Gasteiger partial charge in [0.25, 0.3) is 10.1 Å². The maximum atomic E-state index is 12.5. The molecule has 0 aromatic heterocycles. The molecule has 0 radical (unpaired) electrons. The van der Waals surface area contributed by atoms with Gasteiger partial charge in [0.15, 0.2) is 10.6 Å². The number of rotatable bonds is 17. The highest BCUT2D eigenvalue weighted by molar-refractivity contribution is 8.33. The topological polar surface area (TPSA) is 306 Å². The molecule has 24 heteroatoms. The van der Waals surface area contributed by atoms with Crippen molar-refractivity contribution in [1.29, 1.82) is 0 Å². The van der Waals surface area contributed by atoms with E-state index >= 15 is 0 Å². The lowest BCUT2D eigenvalue weighted by atomic mass is 10.0. The first-order chi connectivity index (χ1) is 26.4. The number of nitrogen functional groups attached to an aromatic ring is 1. The summed E-state index contributed by atoms with van der Waals surface area (Å²) in [6.07, 6.45) is 12.6. The van der Waals surface area contributed by atoms with Crippen LogP contribution in [0.1, 0.15) is 18.4 Å². The van der Waals surface area contributed by atoms with Crippen LogP contribution in [-0.2, 0) is 10.1 Å². The highest BCUT2D eigenvalue weighted by Gasteiger charge is 2.36. The Morgan fingerprint density at radius 2 is 1.56 bits per heavy atom. The number of thiol groups is 1. The van der Waals surface area contributed by atoms with Crippen molar-refractivity contribution in [3.05, 3.63) is 141 Å². The van der Waals surface area contributed by atoms with Gasteiger partial charge in [0.2, 0.25) is 10.6 Å². The molecule has 0 bridgehead atoms. The van der Waals surface area contributed by atoms with Crippen molar-refractivity contribution in [2.45, 2.75) is 22.6 Å². The Labute approximate surface area is 319 Å². The summed E-state index contributed by atoms with van der Waals surface area (Å²) < 4.78 is 50.3. The van der Waals surface area contributed by atoms with Crippen molar-refractivity contribution >= 4 is 71.6 Å². The zero-order valence-electron chi connectivity index (χ0n) is 27.7. The molecule has 282 valence electrons. The van der Waals surface area contributed by atoms with E-state index < -0.39 is 41.1 Å². The summed E-state index contributed by atoms with van der Waals surface area (Å²) in [7, 11) is -12.8. The van der Waals surface area contributed by atoms with Crippen LogP contribution in [0.15, 0.2) is 164 Å². The molecule has 0 spiro atoms. The van der Waals surface area contributed by atoms with Crippen LogP contribution in [-0.4, -0.2) is 19.5 Å². The highest BCUT2D eigenvalue weighted by atomic mass is 32.3. The van der Waals surface area contributed by atoms with Gasteiger partial charge in [-0.1, -0.05) is 54.5 Å². The molecule has 3 N–H and O–H groups in total. The molecule has 0 fully saturated rings. The number of terminal acetylenes is 1. The fraction of sp³-hybridized carbons (Fsp3) is 0.0968. The van der Waals surface area contributed by atoms with E-state index in [1.165, 1.54) is 48.6 Å². The number of allylic oxidation sites excluding steroid dienone is 6. The Balaban J connectivity index is 1.61. The molecule has 55 heavy (non-hydrogen) atoms. The van der Waals surface area contributed by atoms with Gasteiger partial charge in [-0.25, -0.2) is 0 Å². The summed E-state index contributed by atoms with van der Waals surface area (Å²) in [5.74, 6) is 2.14. The third kappa shape index (κ3) is 9.10. The van der Waals surface area contributed by atoms with E-state index in [1.807, 2.05) is 0 Å². The van der Waals surface area contributed by atoms with Gasteiger partial charge in [-0.15, -0.1) is 58.7 Å². The molecule has 1 aliphatic rings. The summed E-state index contributed by atoms with van der Waals surface area (Å²) >= 11 is 4.39. The Kier molecular flexibility index (Phi) is 13.7. The zero-order chi connectivity index (χ0) is 40.2. The third-order valence-electron chi connectivity index (χ3n) is 7.36. The zero-order valence-corrected chi connectivity index (χ0v) is 31.1. The first-order valence-corrected chi connectivity index (χ1v) is 19.9. The second-order valence-electron chi connectivity index (χ2n) is 10.6. The molecule has 0 unspecified atom stereocenters. The molecule has 0 saturated carbocycles. The Morgan fingerprint density at radius 3 is 2.18 bits per heavy atom. The third-order valence-corrected chi connectivity index (χ3v) is 11.7. The van der Waals surface area contributed by atoms with Crippen molar-refractivity contribution < 1.29 is 13.0 Å². The largest absolute Gasteiger partial charge is 0.398 e. The van der Waals surface area contributed by atoms with Crippen LogP contribution >= 0.6 is 33.8 Å². The van der Waals surface area contributed by atoms with Crippen molar-refractivity contribution in [1.82, 2.24) is 0 Å². The molecule has 0 amide bonds. The van der Waals surface area contributed by atoms with Crippen LogP contribution in [0.25, 0.3) is 16.3 Å². The van der Waals surface area contributed by atoms with Crippen molar-refractivity contribution in [2.24, 2.45) is 48.0 Å². The molecule has 0 saturated heterocycles. The number of hydrogen-bond acceptors (Lipinski definition) is 20. The smallest absolute Gasteiger partial charge is 0.296 e. The summed E-state index contributed by atoms with van der Waals surface area (Å²) in [6, 6.07) is 13.2. The first-order valence-electron chi connectivity index (χ1n) is 15.0. The molecule has 0 aliphatic heterocycles. The number of nitroso groups, excluding NO2 is 6. The summed E-state index contributed by atoms with van der Waals surface area (Å²) in [4.78, 5) is 67.7. The van der Waals surface area contributed by atoms with Gasteiger partial charge in [0.05, 0.1) is 22.8 Å². The Morgan fingerprint density at radius 1 is 0.873 bits per heavy atom. The van der Waals surface area contributed by atoms with Crippen LogP contribution in [0.3, 0.4) is 0 Å². The lowest BCUT2D eigenvalue weighted by Crippen LogP contribution is -2.03. The quantitative estimate of drug-likeness (QED) is 0.0169. The average Bonchev–Trinajstić information content (AvgIpc) is 3.41. The van der Waals surface area contributed by atoms with Gasteiger partial charge in [-0.2, -0.15) is 18.6 Å². The minimum Gasteiger partial charge on any atom is -0.398 e. The number of fused-ring (bicyclic) bond motifs is 1. The monoisotopic (exact) mass is 823 g/mol. The van der Waals surface area contributed by atoms with E-state index in [-0.39, 0.29) is 58.0 Å². The fourth-order valence-corrected chi connectivity index (χ4v) is 7.55. The van der Waals surface area contributed by atoms with Gasteiger partial charge in [-0.3, -0.25) is 4.55 Å². The molecule has 3 aromatic carbocycles. The summed E-state index contributed by atoms with van der Waals surface area (Å²) in [5.41, 5.74) is 6.56. The van der Waals surface area contributed by atoms with E-state index in [4.69, 9.17) is 12.2 Å². The van der Waals surface area contributed by atoms with Crippen molar-refractivity contribution in [2.75, 3.05) is 12.3 Å². The van der Waals surface area contributed by atoms with Crippen LogP contribution < -0.4 is 5.73 Å². The fourth-order valence-electron chi connectivity index (χ4n) is 4.81. The van der Waals surface area contributed by atoms with Crippen LogP contribution in [0, 0.1) is 41.8 Å². The molecule has 1 aliphatic carbocycles. The van der Waals surface area contributed by atoms with E-state index in [9.17, 15) is 42.4 Å². The van der Waals surface area contributed by atoms with E-state index in [2.05, 4.69) is 66.5 Å². The van der Waals surface area contributed by atoms with Crippen LogP contribution in [0.4, 0.5) is 11.4 Å². The second-order valence-corrected chi connectivity index (χ2v) is 16.3. The SMILES string of the molecule is C#C/C(=C(\C=C/CCN=NC1=CCC=C(N=Nc2ccc(N)c3ccc(S(N=O)(N=O)N=O)cc23)C(S(=O)(=O)O)=C1)c1ccccc1S)S(N=O)(N=O)N=O. The molecule has 20 nitrogen and oxygen atoms in total. The molecule has 0 atom stereocenters. The molecular weight excluding hydrogens is 799 g/mol. The highest BCUT2D eigenvalue weighted by Crippen LogP contribution is 2.62. The summed E-state index contributed by atoms with van der Waals surface area (Å²) in [5, 5.41) is 16.8. The van der Waals surface area contributed by atoms with E-state index in [0.29, 0.717) is 15.8 Å². The standard InChI is InChI=1S/C31H25N11O9S4/c1-2-30(54(40-46,41-47)42-48)24(23-9-3-4-12-29(23)52)10-5-6-17-33-34-20-8-7-11-28(31(18-20)55(49,50)51)36-35-27-16-15-26(32)22-14-13-21(19-25(22)27)53(37-43,38-44)39-45/h1,3-5,8-16,18-19,52H,6-7,17,32H2,(H,49,50,51)/b10-5-,30-24-,34-33?,36-35?. The van der Waals surface area contributed by atoms with E-state index in [1.54, 1.807) is 30.3 Å². The lowest BCUT2D eigenvalue weighted by Gasteiger charge is -2.17. The average molecular weight is 824 g/mol. The van der Waals surface area contributed by atoms with Crippen molar-refractivity contribution in [3.8, 4) is 12.3 Å². The van der Waals surface area contributed by atoms with Gasteiger partial charge in [0.1, 0.15) is 15.5 Å². The number of hydrogen-bond donors (Lipinski definition) is 3. The number of nitrogens with zero attached hydrogens (tertiary/aromatic N) is 10.